The monoisotopic (exact) mass is 389 g/mol. The van der Waals surface area contributed by atoms with Crippen molar-refractivity contribution in [3.63, 3.8) is 0 Å². The first-order chi connectivity index (χ1) is 12.3. The van der Waals surface area contributed by atoms with Crippen molar-refractivity contribution in [3.05, 3.63) is 17.9 Å². The van der Waals surface area contributed by atoms with Gasteiger partial charge < -0.3 is 14.4 Å². The molecule has 4 rings (SSSR count). The summed E-state index contributed by atoms with van der Waals surface area (Å²) in [6.45, 7) is 2.03. The molecule has 4 nitrogen and oxygen atoms in total. The van der Waals surface area contributed by atoms with Crippen LogP contribution in [0.1, 0.15) is 26.2 Å². The number of aliphatic imine (C=N–C) groups is 1. The number of morpholine rings is 1. The smallest absolute Gasteiger partial charge is 0.375 e. The number of anilines is 1. The van der Waals surface area contributed by atoms with E-state index in [0.29, 0.717) is 22.2 Å². The van der Waals surface area contributed by atoms with E-state index in [2.05, 4.69) is 9.71 Å². The second kappa shape index (κ2) is 6.60. The van der Waals surface area contributed by atoms with Crippen molar-refractivity contribution in [2.24, 2.45) is 10.9 Å². The average Bonchev–Trinajstić information content (AvgIpc) is 3.39. The number of halogens is 4. The zero-order valence-corrected chi connectivity index (χ0v) is 15.0. The van der Waals surface area contributed by atoms with Gasteiger partial charge in [0, 0.05) is 12.5 Å². The molecular weight excluding hydrogens is 370 g/mol. The van der Waals surface area contributed by atoms with Crippen molar-refractivity contribution >= 4 is 29.2 Å². The van der Waals surface area contributed by atoms with Crippen molar-refractivity contribution < 1.29 is 22.3 Å². The summed E-state index contributed by atoms with van der Waals surface area (Å²) in [6.07, 6.45) is -3.47. The maximum Gasteiger partial charge on any atom is 0.391 e. The van der Waals surface area contributed by atoms with Crippen molar-refractivity contribution in [3.8, 4) is 0 Å². The van der Waals surface area contributed by atoms with Gasteiger partial charge in [-0.1, -0.05) is 0 Å². The summed E-state index contributed by atoms with van der Waals surface area (Å²) >= 11 is 1.27. The third-order valence-corrected chi connectivity index (χ3v) is 5.57. The molecule has 0 aromatic heterocycles. The van der Waals surface area contributed by atoms with E-state index in [0.717, 1.165) is 18.7 Å². The molecule has 0 bridgehead atoms. The van der Waals surface area contributed by atoms with Gasteiger partial charge >= 0.3 is 6.18 Å². The van der Waals surface area contributed by atoms with Crippen LogP contribution in [0.4, 0.5) is 28.9 Å². The molecule has 142 valence electrons. The number of amidine groups is 1. The first kappa shape index (κ1) is 17.9. The molecule has 1 aliphatic carbocycles. The lowest BCUT2D eigenvalue weighted by Crippen LogP contribution is -2.50. The largest absolute Gasteiger partial charge is 0.391 e. The highest BCUT2D eigenvalue weighted by Gasteiger charge is 2.39. The summed E-state index contributed by atoms with van der Waals surface area (Å²) < 4.78 is 61.8. The predicted octanol–water partition coefficient (Wildman–Crippen LogP) is 4.42. The number of benzene rings is 1. The highest BCUT2D eigenvalue weighted by Crippen LogP contribution is 2.45. The molecule has 0 unspecified atom stereocenters. The molecule has 1 saturated carbocycles. The Balaban J connectivity index is 1.74. The second-order valence-electron chi connectivity index (χ2n) is 7.02. The summed E-state index contributed by atoms with van der Waals surface area (Å²) in [4.78, 5) is 6.84. The van der Waals surface area contributed by atoms with Crippen molar-refractivity contribution in [1.29, 1.82) is 0 Å². The molecule has 26 heavy (non-hydrogen) atoms. The van der Waals surface area contributed by atoms with Crippen LogP contribution in [0.2, 0.25) is 0 Å². The fourth-order valence-corrected chi connectivity index (χ4v) is 4.17. The fraction of sp³-hybridized carbons (Fsp3) is 0.588. The number of fused-ring (bicyclic) bond motifs is 1. The fourth-order valence-electron chi connectivity index (χ4n) is 3.33. The molecule has 0 radical (unpaired) electrons. The highest BCUT2D eigenvalue weighted by molar-refractivity contribution is 7.98. The van der Waals surface area contributed by atoms with Crippen LogP contribution in [0.5, 0.6) is 0 Å². The minimum atomic E-state index is -4.32. The van der Waals surface area contributed by atoms with E-state index >= 15 is 0 Å². The maximum absolute atomic E-state index is 14.2. The quantitative estimate of drug-likeness (QED) is 0.613. The van der Waals surface area contributed by atoms with Gasteiger partial charge in [-0.05, 0) is 43.8 Å². The number of nitrogens with zero attached hydrogens (tertiary/aromatic N) is 2. The van der Waals surface area contributed by atoms with E-state index in [1.54, 1.807) is 11.8 Å². The Kier molecular flexibility index (Phi) is 4.54. The SMILES string of the molecule is C[C@@H]1CN(c2cc(F)cc3c2N=C(C2CC2)NS3)[C@H](CC(F)(F)F)CO1. The maximum atomic E-state index is 14.2. The van der Waals surface area contributed by atoms with Crippen LogP contribution < -0.4 is 9.62 Å². The van der Waals surface area contributed by atoms with Crippen molar-refractivity contribution in [2.75, 3.05) is 18.1 Å². The summed E-state index contributed by atoms with van der Waals surface area (Å²) in [5, 5.41) is 0. The molecule has 1 aromatic carbocycles. The normalized spacial score (nSPS) is 26.2. The van der Waals surface area contributed by atoms with Crippen LogP contribution >= 0.6 is 11.9 Å². The predicted molar refractivity (Wildman–Crippen MR) is 92.4 cm³/mol. The Morgan fingerprint density at radius 3 is 2.81 bits per heavy atom. The molecule has 2 atom stereocenters. The lowest BCUT2D eigenvalue weighted by Gasteiger charge is -2.41. The average molecular weight is 389 g/mol. The minimum absolute atomic E-state index is 0.0451. The summed E-state index contributed by atoms with van der Waals surface area (Å²) in [5.74, 6) is 0.704. The molecule has 1 N–H and O–H groups in total. The van der Waals surface area contributed by atoms with Gasteiger partial charge in [-0.15, -0.1) is 0 Å². The van der Waals surface area contributed by atoms with Gasteiger partial charge in [-0.2, -0.15) is 13.2 Å². The highest BCUT2D eigenvalue weighted by atomic mass is 32.2. The lowest BCUT2D eigenvalue weighted by molar-refractivity contribution is -0.145. The number of alkyl halides is 3. The zero-order valence-electron chi connectivity index (χ0n) is 14.1. The number of nitrogens with one attached hydrogen (secondary N) is 1. The Hall–Kier alpha value is -1.48. The molecule has 2 heterocycles. The molecule has 9 heteroatoms. The minimum Gasteiger partial charge on any atom is -0.375 e. The Bertz CT molecular complexity index is 735. The van der Waals surface area contributed by atoms with Gasteiger partial charge in [0.25, 0.3) is 0 Å². The third-order valence-electron chi connectivity index (χ3n) is 4.73. The standard InChI is InChI=1S/C17H19F4N3OS/c1-9-7-24(12(8-25-9)6-17(19,20)21)13-4-11(18)5-14-15(13)22-16(23-26-14)10-2-3-10/h4-5,9-10,12H,2-3,6-8H2,1H3,(H,22,23)/t9-,12-/m1/s1. The van der Waals surface area contributed by atoms with Crippen LogP contribution in [0, 0.1) is 11.7 Å². The molecule has 2 aliphatic heterocycles. The second-order valence-corrected chi connectivity index (χ2v) is 7.86. The molecule has 0 spiro atoms. The van der Waals surface area contributed by atoms with Gasteiger partial charge in [0.05, 0.1) is 35.8 Å². The van der Waals surface area contributed by atoms with Crippen molar-refractivity contribution in [2.45, 2.75) is 49.4 Å². The Morgan fingerprint density at radius 2 is 2.12 bits per heavy atom. The Labute approximate surface area is 153 Å². The Morgan fingerprint density at radius 1 is 1.35 bits per heavy atom. The van der Waals surface area contributed by atoms with Crippen LogP contribution in [-0.2, 0) is 4.74 Å². The topological polar surface area (TPSA) is 36.9 Å². The summed E-state index contributed by atoms with van der Waals surface area (Å²) in [7, 11) is 0. The van der Waals surface area contributed by atoms with Gasteiger partial charge in [-0.3, -0.25) is 0 Å². The number of ether oxygens (including phenoxy) is 1. The van der Waals surface area contributed by atoms with Gasteiger partial charge in [0.2, 0.25) is 0 Å². The third kappa shape index (κ3) is 3.78. The summed E-state index contributed by atoms with van der Waals surface area (Å²) in [5.41, 5.74) is 0.967. The van der Waals surface area contributed by atoms with Gasteiger partial charge in [-0.25, -0.2) is 9.38 Å². The van der Waals surface area contributed by atoms with E-state index in [1.807, 2.05) is 0 Å². The molecule has 2 fully saturated rings. The molecular formula is C17H19F4N3OS. The van der Waals surface area contributed by atoms with E-state index in [1.165, 1.54) is 24.1 Å². The van der Waals surface area contributed by atoms with Crippen LogP contribution in [-0.4, -0.2) is 37.3 Å². The first-order valence-corrected chi connectivity index (χ1v) is 9.42. The van der Waals surface area contributed by atoms with E-state index in [4.69, 9.17) is 4.74 Å². The first-order valence-electron chi connectivity index (χ1n) is 8.60. The van der Waals surface area contributed by atoms with Crippen molar-refractivity contribution in [1.82, 2.24) is 4.72 Å². The molecule has 1 saturated heterocycles. The summed E-state index contributed by atoms with van der Waals surface area (Å²) in [6, 6.07) is 1.77. The van der Waals surface area contributed by atoms with E-state index in [-0.39, 0.29) is 19.3 Å². The molecule has 3 aliphatic rings. The number of rotatable bonds is 3. The van der Waals surface area contributed by atoms with Crippen LogP contribution in [0.15, 0.2) is 22.0 Å². The molecule has 1 aromatic rings. The van der Waals surface area contributed by atoms with Crippen LogP contribution in [0.25, 0.3) is 0 Å². The van der Waals surface area contributed by atoms with Crippen LogP contribution in [0.3, 0.4) is 0 Å². The number of hydrogen-bond acceptors (Lipinski definition) is 5. The number of hydrogen-bond donors (Lipinski definition) is 1. The van der Waals surface area contributed by atoms with Gasteiger partial charge in [0.15, 0.2) is 0 Å². The van der Waals surface area contributed by atoms with E-state index < -0.39 is 24.5 Å². The molecule has 0 amide bonds. The van der Waals surface area contributed by atoms with E-state index in [9.17, 15) is 17.6 Å². The van der Waals surface area contributed by atoms with Gasteiger partial charge in [0.1, 0.15) is 17.3 Å². The zero-order chi connectivity index (χ0) is 18.5. The lowest BCUT2D eigenvalue weighted by atomic mass is 10.1.